The number of carbonyl (C=O) groups excluding carboxylic acids is 1. The number of carbonyl (C=O) groups is 1. The first kappa shape index (κ1) is 15.8. The average molecular weight is 285 g/mol. The number of likely N-dealkylation sites (N-methyl/N-ethyl adjacent to an activating group) is 1. The highest BCUT2D eigenvalue weighted by molar-refractivity contribution is 6.30. The predicted molar refractivity (Wildman–Crippen MR) is 77.3 cm³/mol. The number of phenolic OH excluding ortho intramolecular Hbond substituents is 1. The molecule has 0 aliphatic heterocycles. The van der Waals surface area contributed by atoms with E-state index in [-0.39, 0.29) is 11.7 Å². The van der Waals surface area contributed by atoms with E-state index in [9.17, 15) is 9.90 Å². The number of nitrogens with zero attached hydrogens (tertiary/aromatic N) is 1. The summed E-state index contributed by atoms with van der Waals surface area (Å²) in [5.41, 5.74) is 0.714. The van der Waals surface area contributed by atoms with Crippen LogP contribution in [-0.4, -0.2) is 36.1 Å². The van der Waals surface area contributed by atoms with E-state index in [0.717, 1.165) is 0 Å². The Bertz CT molecular complexity index is 435. The van der Waals surface area contributed by atoms with Crippen LogP contribution in [0.2, 0.25) is 5.02 Å². The summed E-state index contributed by atoms with van der Waals surface area (Å²) in [6, 6.07) is 4.90. The van der Waals surface area contributed by atoms with Gasteiger partial charge >= 0.3 is 0 Å². The van der Waals surface area contributed by atoms with Crippen LogP contribution in [0.25, 0.3) is 0 Å². The Kier molecular flexibility index (Phi) is 6.12. The highest BCUT2D eigenvalue weighted by Crippen LogP contribution is 2.22. The highest BCUT2D eigenvalue weighted by Gasteiger charge is 2.10. The molecule has 0 spiro atoms. The van der Waals surface area contributed by atoms with Crippen molar-refractivity contribution in [3.05, 3.63) is 28.8 Å². The van der Waals surface area contributed by atoms with Crippen LogP contribution in [0.15, 0.2) is 18.2 Å². The maximum absolute atomic E-state index is 11.7. The summed E-state index contributed by atoms with van der Waals surface area (Å²) in [5.74, 6) is 0.614. The van der Waals surface area contributed by atoms with Crippen molar-refractivity contribution in [2.45, 2.75) is 20.4 Å². The number of halogens is 1. The second-order valence-corrected chi connectivity index (χ2v) is 5.58. The van der Waals surface area contributed by atoms with Crippen LogP contribution >= 0.6 is 11.6 Å². The molecule has 4 nitrogen and oxygen atoms in total. The van der Waals surface area contributed by atoms with Gasteiger partial charge in [-0.25, -0.2) is 0 Å². The number of hydrogen-bond donors (Lipinski definition) is 2. The molecule has 5 heteroatoms. The largest absolute Gasteiger partial charge is 0.508 e. The molecule has 0 atom stereocenters. The van der Waals surface area contributed by atoms with Gasteiger partial charge in [-0.2, -0.15) is 0 Å². The molecule has 2 N–H and O–H groups in total. The molecule has 0 bridgehead atoms. The summed E-state index contributed by atoms with van der Waals surface area (Å²) in [6.45, 7) is 5.54. The number of aromatic hydroxyl groups is 1. The molecule has 0 aliphatic rings. The molecular formula is C14H21ClN2O2. The Morgan fingerprint density at radius 1 is 1.47 bits per heavy atom. The van der Waals surface area contributed by atoms with Crippen molar-refractivity contribution in [1.29, 1.82) is 0 Å². The molecule has 0 saturated heterocycles. The van der Waals surface area contributed by atoms with Crippen LogP contribution in [0.4, 0.5) is 0 Å². The van der Waals surface area contributed by atoms with Gasteiger partial charge in [0, 0.05) is 23.7 Å². The Morgan fingerprint density at radius 2 is 2.16 bits per heavy atom. The SMILES string of the molecule is CC(C)CNC(=O)CN(C)Cc1cc(Cl)ccc1O. The molecule has 0 aliphatic carbocycles. The molecule has 1 amide bonds. The summed E-state index contributed by atoms with van der Waals surface area (Å²) in [5, 5.41) is 13.1. The molecule has 0 unspecified atom stereocenters. The second-order valence-electron chi connectivity index (χ2n) is 5.14. The van der Waals surface area contributed by atoms with Crippen LogP contribution in [0, 0.1) is 5.92 Å². The Hall–Kier alpha value is -1.26. The van der Waals surface area contributed by atoms with E-state index in [1.807, 2.05) is 25.8 Å². The van der Waals surface area contributed by atoms with E-state index < -0.39 is 0 Å². The predicted octanol–water partition coefficient (Wildman–Crippen LogP) is 2.25. The van der Waals surface area contributed by atoms with Gasteiger partial charge in [-0.05, 0) is 31.2 Å². The molecule has 0 aromatic heterocycles. The summed E-state index contributed by atoms with van der Waals surface area (Å²) < 4.78 is 0. The van der Waals surface area contributed by atoms with Crippen LogP contribution in [0.5, 0.6) is 5.75 Å². The van der Waals surface area contributed by atoms with Crippen molar-refractivity contribution in [2.24, 2.45) is 5.92 Å². The molecule has 19 heavy (non-hydrogen) atoms. The van der Waals surface area contributed by atoms with Gasteiger partial charge in [-0.3, -0.25) is 9.69 Å². The first-order valence-electron chi connectivity index (χ1n) is 6.31. The van der Waals surface area contributed by atoms with Gasteiger partial charge in [0.15, 0.2) is 0 Å². The van der Waals surface area contributed by atoms with Crippen LogP contribution in [0.3, 0.4) is 0 Å². The lowest BCUT2D eigenvalue weighted by molar-refractivity contribution is -0.122. The Balaban J connectivity index is 2.48. The number of phenols is 1. The van der Waals surface area contributed by atoms with Gasteiger partial charge in [-0.15, -0.1) is 0 Å². The molecular weight excluding hydrogens is 264 g/mol. The van der Waals surface area contributed by atoms with E-state index in [1.165, 1.54) is 0 Å². The normalized spacial score (nSPS) is 11.1. The van der Waals surface area contributed by atoms with Gasteiger partial charge in [0.25, 0.3) is 0 Å². The van der Waals surface area contributed by atoms with Gasteiger partial charge in [0.1, 0.15) is 5.75 Å². The molecule has 106 valence electrons. The maximum Gasteiger partial charge on any atom is 0.234 e. The molecule has 0 saturated carbocycles. The minimum absolute atomic E-state index is 0.0160. The van der Waals surface area contributed by atoms with Crippen molar-refractivity contribution >= 4 is 17.5 Å². The number of amides is 1. The monoisotopic (exact) mass is 284 g/mol. The Morgan fingerprint density at radius 3 is 2.79 bits per heavy atom. The van der Waals surface area contributed by atoms with Crippen molar-refractivity contribution in [3.8, 4) is 5.75 Å². The van der Waals surface area contributed by atoms with E-state index in [4.69, 9.17) is 11.6 Å². The zero-order chi connectivity index (χ0) is 14.4. The molecule has 0 heterocycles. The highest BCUT2D eigenvalue weighted by atomic mass is 35.5. The topological polar surface area (TPSA) is 52.6 Å². The summed E-state index contributed by atoms with van der Waals surface area (Å²) >= 11 is 5.88. The first-order valence-corrected chi connectivity index (χ1v) is 6.69. The summed E-state index contributed by atoms with van der Waals surface area (Å²) in [7, 11) is 1.83. The first-order chi connectivity index (χ1) is 8.88. The average Bonchev–Trinajstić information content (AvgIpc) is 2.31. The third kappa shape index (κ3) is 5.94. The van der Waals surface area contributed by atoms with Crippen LogP contribution in [0.1, 0.15) is 19.4 Å². The van der Waals surface area contributed by atoms with Gasteiger partial charge < -0.3 is 10.4 Å². The lowest BCUT2D eigenvalue weighted by Gasteiger charge is -2.17. The molecule has 0 fully saturated rings. The minimum Gasteiger partial charge on any atom is -0.508 e. The van der Waals surface area contributed by atoms with Crippen molar-refractivity contribution in [1.82, 2.24) is 10.2 Å². The summed E-state index contributed by atoms with van der Waals surface area (Å²) in [4.78, 5) is 13.5. The van der Waals surface area contributed by atoms with Crippen molar-refractivity contribution in [2.75, 3.05) is 20.1 Å². The minimum atomic E-state index is -0.0160. The van der Waals surface area contributed by atoms with Crippen molar-refractivity contribution in [3.63, 3.8) is 0 Å². The lowest BCUT2D eigenvalue weighted by Crippen LogP contribution is -2.36. The van der Waals surface area contributed by atoms with E-state index in [2.05, 4.69) is 5.32 Å². The number of hydrogen-bond acceptors (Lipinski definition) is 3. The van der Waals surface area contributed by atoms with Crippen molar-refractivity contribution < 1.29 is 9.90 Å². The second kappa shape index (κ2) is 7.36. The fourth-order valence-corrected chi connectivity index (χ4v) is 1.84. The van der Waals surface area contributed by atoms with E-state index >= 15 is 0 Å². The smallest absolute Gasteiger partial charge is 0.234 e. The molecule has 1 rings (SSSR count). The van der Waals surface area contributed by atoms with Gasteiger partial charge in [-0.1, -0.05) is 25.4 Å². The fourth-order valence-electron chi connectivity index (χ4n) is 1.65. The number of nitrogens with one attached hydrogen (secondary N) is 1. The van der Waals surface area contributed by atoms with Gasteiger partial charge in [0.2, 0.25) is 5.91 Å². The lowest BCUT2D eigenvalue weighted by atomic mass is 10.2. The maximum atomic E-state index is 11.7. The van der Waals surface area contributed by atoms with E-state index in [0.29, 0.717) is 36.1 Å². The molecule has 0 radical (unpaired) electrons. The van der Waals surface area contributed by atoms with Gasteiger partial charge in [0.05, 0.1) is 6.54 Å². The van der Waals surface area contributed by atoms with Crippen LogP contribution in [-0.2, 0) is 11.3 Å². The van der Waals surface area contributed by atoms with Crippen LogP contribution < -0.4 is 5.32 Å². The zero-order valence-electron chi connectivity index (χ0n) is 11.6. The number of rotatable bonds is 6. The third-order valence-corrected chi connectivity index (χ3v) is 2.84. The number of benzene rings is 1. The molecule has 1 aromatic rings. The molecule has 1 aromatic carbocycles. The quantitative estimate of drug-likeness (QED) is 0.842. The summed E-state index contributed by atoms with van der Waals surface area (Å²) in [6.07, 6.45) is 0. The Labute approximate surface area is 119 Å². The zero-order valence-corrected chi connectivity index (χ0v) is 12.4. The van der Waals surface area contributed by atoms with E-state index in [1.54, 1.807) is 18.2 Å². The standard InChI is InChI=1S/C14H21ClN2O2/c1-10(2)7-16-14(19)9-17(3)8-11-6-12(15)4-5-13(11)18/h4-6,10,18H,7-9H2,1-3H3,(H,16,19). The third-order valence-electron chi connectivity index (χ3n) is 2.60. The fraction of sp³-hybridized carbons (Fsp3) is 0.500.